The molecule has 0 heterocycles. The highest BCUT2D eigenvalue weighted by atomic mass is 35.5. The van der Waals surface area contributed by atoms with Crippen molar-refractivity contribution >= 4 is 50.7 Å². The fourth-order valence-corrected chi connectivity index (χ4v) is 5.87. The van der Waals surface area contributed by atoms with Crippen molar-refractivity contribution in [1.29, 1.82) is 0 Å². The Morgan fingerprint density at radius 2 is 1.67 bits per heavy atom. The molecule has 0 aliphatic carbocycles. The fourth-order valence-electron chi connectivity index (χ4n) is 4.44. The second kappa shape index (κ2) is 15.4. The molecular formula is C31H36Cl2FN3O4S. The van der Waals surface area contributed by atoms with E-state index >= 15 is 0 Å². The zero-order valence-electron chi connectivity index (χ0n) is 23.9. The number of hydrogen-bond donors (Lipinski definition) is 1. The van der Waals surface area contributed by atoms with Gasteiger partial charge < -0.3 is 10.2 Å². The Balaban J connectivity index is 1.91. The van der Waals surface area contributed by atoms with Crippen LogP contribution >= 0.6 is 23.2 Å². The number of nitrogens with zero attached hydrogens (tertiary/aromatic N) is 2. The third-order valence-corrected chi connectivity index (χ3v) is 8.68. The molecule has 0 bridgehead atoms. The zero-order valence-corrected chi connectivity index (χ0v) is 26.2. The third kappa shape index (κ3) is 9.71. The van der Waals surface area contributed by atoms with E-state index in [-0.39, 0.29) is 50.2 Å². The molecule has 2 unspecified atom stereocenters. The molecule has 42 heavy (non-hydrogen) atoms. The number of halogens is 3. The minimum absolute atomic E-state index is 0.00579. The predicted octanol–water partition coefficient (Wildman–Crippen LogP) is 6.23. The van der Waals surface area contributed by atoms with E-state index in [0.717, 1.165) is 16.1 Å². The van der Waals surface area contributed by atoms with Gasteiger partial charge in [-0.3, -0.25) is 13.9 Å². The lowest BCUT2D eigenvalue weighted by Gasteiger charge is -2.33. The highest BCUT2D eigenvalue weighted by Gasteiger charge is 2.31. The lowest BCUT2D eigenvalue weighted by molar-refractivity contribution is -0.141. The first-order valence-corrected chi connectivity index (χ1v) is 16.3. The summed E-state index contributed by atoms with van der Waals surface area (Å²) in [6, 6.07) is 18.5. The smallest absolute Gasteiger partial charge is 0.243 e. The van der Waals surface area contributed by atoms with E-state index in [1.165, 1.54) is 29.2 Å². The summed E-state index contributed by atoms with van der Waals surface area (Å²) in [6.07, 6.45) is 2.16. The maximum atomic E-state index is 13.9. The lowest BCUT2D eigenvalue weighted by Crippen LogP contribution is -2.52. The quantitative estimate of drug-likeness (QED) is 0.227. The number of carbonyl (C=O) groups excluding carboxylic acids is 2. The molecule has 2 atom stereocenters. The van der Waals surface area contributed by atoms with Gasteiger partial charge in [0.05, 0.1) is 11.9 Å². The molecule has 0 radical (unpaired) electrons. The first-order valence-electron chi connectivity index (χ1n) is 13.7. The maximum Gasteiger partial charge on any atom is 0.243 e. The van der Waals surface area contributed by atoms with Crippen molar-refractivity contribution < 1.29 is 22.4 Å². The van der Waals surface area contributed by atoms with Gasteiger partial charge in [0, 0.05) is 42.0 Å². The van der Waals surface area contributed by atoms with E-state index in [1.807, 2.05) is 44.2 Å². The Morgan fingerprint density at radius 3 is 2.26 bits per heavy atom. The molecule has 7 nitrogen and oxygen atoms in total. The number of amides is 2. The molecule has 0 spiro atoms. The highest BCUT2D eigenvalue weighted by Crippen LogP contribution is 2.25. The van der Waals surface area contributed by atoms with Crippen LogP contribution in [-0.4, -0.2) is 50.0 Å². The second-order valence-electron chi connectivity index (χ2n) is 10.2. The van der Waals surface area contributed by atoms with Gasteiger partial charge in [-0.2, -0.15) is 0 Å². The maximum absolute atomic E-state index is 13.9. The number of hydrogen-bond acceptors (Lipinski definition) is 4. The average Bonchev–Trinajstić information content (AvgIpc) is 2.94. The standard InChI is InChI=1S/C31H36Cl2FN3O4S/c1-4-22(2)35-31(39)29(19-23-9-6-5-7-10-23)36(21-24-12-13-25(32)20-28(24)33)30(38)11-8-18-37(42(3,40)41)27-16-14-26(34)15-17-27/h5-7,9-10,12-17,20,22,29H,4,8,11,18-19,21H2,1-3H3,(H,35,39). The number of rotatable bonds is 14. The molecule has 0 aromatic heterocycles. The molecule has 3 rings (SSSR count). The van der Waals surface area contributed by atoms with E-state index in [2.05, 4.69) is 5.32 Å². The van der Waals surface area contributed by atoms with E-state index in [1.54, 1.807) is 18.2 Å². The first kappa shape index (κ1) is 33.4. The lowest BCUT2D eigenvalue weighted by atomic mass is 10.0. The van der Waals surface area contributed by atoms with Gasteiger partial charge >= 0.3 is 0 Å². The van der Waals surface area contributed by atoms with Crippen LogP contribution in [0, 0.1) is 5.82 Å². The van der Waals surface area contributed by atoms with Crippen molar-refractivity contribution in [3.63, 3.8) is 0 Å². The normalized spacial score (nSPS) is 12.8. The number of benzene rings is 3. The van der Waals surface area contributed by atoms with Gasteiger partial charge in [-0.1, -0.05) is 66.5 Å². The Morgan fingerprint density at radius 1 is 1.00 bits per heavy atom. The molecule has 11 heteroatoms. The van der Waals surface area contributed by atoms with Gasteiger partial charge in [0.1, 0.15) is 11.9 Å². The van der Waals surface area contributed by atoms with Crippen LogP contribution < -0.4 is 9.62 Å². The molecule has 3 aromatic rings. The zero-order chi connectivity index (χ0) is 30.9. The van der Waals surface area contributed by atoms with Crippen LogP contribution in [0.25, 0.3) is 0 Å². The minimum atomic E-state index is -3.70. The highest BCUT2D eigenvalue weighted by molar-refractivity contribution is 7.92. The summed E-state index contributed by atoms with van der Waals surface area (Å²) in [5.74, 6) is -1.12. The largest absolute Gasteiger partial charge is 0.352 e. The number of sulfonamides is 1. The van der Waals surface area contributed by atoms with Crippen LogP contribution in [0.15, 0.2) is 72.8 Å². The Bertz CT molecular complexity index is 1460. The van der Waals surface area contributed by atoms with Crippen molar-refractivity contribution in [2.45, 2.75) is 58.2 Å². The first-order chi connectivity index (χ1) is 19.9. The van der Waals surface area contributed by atoms with Gasteiger partial charge in [-0.25, -0.2) is 12.8 Å². The van der Waals surface area contributed by atoms with Crippen LogP contribution in [0.2, 0.25) is 10.0 Å². The number of carbonyl (C=O) groups is 2. The molecule has 0 saturated heterocycles. The second-order valence-corrected chi connectivity index (χ2v) is 12.9. The summed E-state index contributed by atoms with van der Waals surface area (Å²) in [6.45, 7) is 3.90. The van der Waals surface area contributed by atoms with E-state index in [0.29, 0.717) is 27.7 Å². The molecule has 0 aliphatic heterocycles. The van der Waals surface area contributed by atoms with Crippen LogP contribution in [-0.2, 0) is 32.6 Å². The summed E-state index contributed by atoms with van der Waals surface area (Å²) >= 11 is 12.6. The minimum Gasteiger partial charge on any atom is -0.352 e. The van der Waals surface area contributed by atoms with Crippen molar-refractivity contribution in [1.82, 2.24) is 10.2 Å². The van der Waals surface area contributed by atoms with Gasteiger partial charge in [0.15, 0.2) is 0 Å². The van der Waals surface area contributed by atoms with Crippen LogP contribution in [0.1, 0.15) is 44.2 Å². The van der Waals surface area contributed by atoms with E-state index in [9.17, 15) is 22.4 Å². The molecule has 0 saturated carbocycles. The molecular weight excluding hydrogens is 600 g/mol. The van der Waals surface area contributed by atoms with Crippen LogP contribution in [0.3, 0.4) is 0 Å². The Labute approximate surface area is 257 Å². The summed E-state index contributed by atoms with van der Waals surface area (Å²) in [5, 5.41) is 3.81. The third-order valence-electron chi connectivity index (χ3n) is 6.89. The summed E-state index contributed by atoms with van der Waals surface area (Å²) in [5.41, 5.74) is 1.79. The average molecular weight is 637 g/mol. The van der Waals surface area contributed by atoms with Crippen molar-refractivity contribution in [3.05, 3.63) is 99.8 Å². The summed E-state index contributed by atoms with van der Waals surface area (Å²) in [7, 11) is -3.70. The molecule has 0 fully saturated rings. The van der Waals surface area contributed by atoms with Gasteiger partial charge in [0.25, 0.3) is 0 Å². The molecule has 0 aliphatic rings. The summed E-state index contributed by atoms with van der Waals surface area (Å²) in [4.78, 5) is 29.0. The van der Waals surface area contributed by atoms with Crippen molar-refractivity contribution in [2.75, 3.05) is 17.1 Å². The molecule has 1 N–H and O–H groups in total. The van der Waals surface area contributed by atoms with Crippen LogP contribution in [0.4, 0.5) is 10.1 Å². The van der Waals surface area contributed by atoms with Gasteiger partial charge in [-0.05, 0) is 67.3 Å². The molecule has 3 aromatic carbocycles. The van der Waals surface area contributed by atoms with Gasteiger partial charge in [-0.15, -0.1) is 0 Å². The molecule has 2 amide bonds. The van der Waals surface area contributed by atoms with Crippen molar-refractivity contribution in [2.24, 2.45) is 0 Å². The van der Waals surface area contributed by atoms with Gasteiger partial charge in [0.2, 0.25) is 21.8 Å². The van der Waals surface area contributed by atoms with Crippen LogP contribution in [0.5, 0.6) is 0 Å². The molecule has 226 valence electrons. The number of anilines is 1. The van der Waals surface area contributed by atoms with Crippen molar-refractivity contribution in [3.8, 4) is 0 Å². The predicted molar refractivity (Wildman–Crippen MR) is 167 cm³/mol. The SMILES string of the molecule is CCC(C)NC(=O)C(Cc1ccccc1)N(Cc1ccc(Cl)cc1Cl)C(=O)CCCN(c1ccc(F)cc1)S(C)(=O)=O. The Kier molecular flexibility index (Phi) is 12.2. The Hall–Kier alpha value is -3.14. The fraction of sp³-hybridized carbons (Fsp3) is 0.355. The topological polar surface area (TPSA) is 86.8 Å². The van der Waals surface area contributed by atoms with E-state index < -0.39 is 21.9 Å². The number of nitrogens with one attached hydrogen (secondary N) is 1. The monoisotopic (exact) mass is 635 g/mol. The van der Waals surface area contributed by atoms with E-state index in [4.69, 9.17) is 23.2 Å². The summed E-state index contributed by atoms with van der Waals surface area (Å²) < 4.78 is 39.6.